The molecule has 0 unspecified atom stereocenters. The summed E-state index contributed by atoms with van der Waals surface area (Å²) in [5.41, 5.74) is 0. The van der Waals surface area contributed by atoms with Gasteiger partial charge in [-0.25, -0.2) is 4.79 Å². The Kier molecular flexibility index (Phi) is 8.12. The number of rotatable bonds is 8. The lowest BCUT2D eigenvalue weighted by Crippen LogP contribution is -2.04. The van der Waals surface area contributed by atoms with E-state index in [2.05, 4.69) is 4.74 Å². The predicted octanol–water partition coefficient (Wildman–Crippen LogP) is 1.67. The molecule has 0 aliphatic rings. The molecule has 0 bridgehead atoms. The van der Waals surface area contributed by atoms with E-state index >= 15 is 0 Å². The second-order valence-corrected chi connectivity index (χ2v) is 2.91. The van der Waals surface area contributed by atoms with Crippen LogP contribution in [0.4, 0.5) is 0 Å². The third-order valence-electron chi connectivity index (χ3n) is 1.40. The van der Waals surface area contributed by atoms with Crippen molar-refractivity contribution in [2.75, 3.05) is 13.2 Å². The maximum atomic E-state index is 9.61. The zero-order chi connectivity index (χ0) is 9.23. The van der Waals surface area contributed by atoms with Crippen molar-refractivity contribution in [2.45, 2.75) is 39.2 Å². The van der Waals surface area contributed by atoms with Crippen molar-refractivity contribution in [1.29, 1.82) is 0 Å². The minimum atomic E-state index is 0.310. The molecule has 0 aromatic carbocycles. The highest BCUT2D eigenvalue weighted by molar-refractivity contribution is 5.37. The Bertz CT molecular complexity index is 102. The van der Waals surface area contributed by atoms with Gasteiger partial charge in [0.15, 0.2) is 0 Å². The Hall–Kier alpha value is -0.570. The van der Waals surface area contributed by atoms with Crippen LogP contribution in [0, 0.1) is 0 Å². The third kappa shape index (κ3) is 9.43. The van der Waals surface area contributed by atoms with Crippen molar-refractivity contribution < 1.29 is 14.3 Å². The molecular formula is C9H17O3. The fourth-order valence-corrected chi connectivity index (χ4v) is 0.814. The van der Waals surface area contributed by atoms with Gasteiger partial charge < -0.3 is 9.47 Å². The lowest BCUT2D eigenvalue weighted by Gasteiger charge is -2.06. The van der Waals surface area contributed by atoms with Gasteiger partial charge in [-0.1, -0.05) is 0 Å². The summed E-state index contributed by atoms with van der Waals surface area (Å²) in [7, 11) is 0. The van der Waals surface area contributed by atoms with E-state index in [0.29, 0.717) is 12.7 Å². The first-order chi connectivity index (χ1) is 5.77. The van der Waals surface area contributed by atoms with E-state index in [1.54, 1.807) is 0 Å². The van der Waals surface area contributed by atoms with Crippen LogP contribution in [-0.4, -0.2) is 25.8 Å². The fourth-order valence-electron chi connectivity index (χ4n) is 0.814. The molecule has 0 rings (SSSR count). The Morgan fingerprint density at radius 3 is 2.42 bits per heavy atom. The highest BCUT2D eigenvalue weighted by Crippen LogP contribution is 1.97. The molecule has 0 saturated heterocycles. The molecule has 0 aliphatic heterocycles. The summed E-state index contributed by atoms with van der Waals surface area (Å²) in [6.07, 6.45) is 3.27. The van der Waals surface area contributed by atoms with Gasteiger partial charge in [0, 0.05) is 6.61 Å². The smallest absolute Gasteiger partial charge is 0.417 e. The van der Waals surface area contributed by atoms with Crippen LogP contribution in [0.3, 0.4) is 0 Å². The normalized spacial score (nSPS) is 10.2. The van der Waals surface area contributed by atoms with Crippen molar-refractivity contribution in [3.8, 4) is 0 Å². The van der Waals surface area contributed by atoms with Crippen molar-refractivity contribution in [1.82, 2.24) is 0 Å². The lowest BCUT2D eigenvalue weighted by molar-refractivity contribution is 0.0751. The molecule has 0 heterocycles. The maximum Gasteiger partial charge on any atom is 0.417 e. The van der Waals surface area contributed by atoms with Gasteiger partial charge in [0.1, 0.15) is 0 Å². The standard InChI is InChI=1S/C9H17O3/c1-9(2)12-7-5-3-4-6-11-8-10/h9H,3-7H2,1-2H3. The summed E-state index contributed by atoms with van der Waals surface area (Å²) in [5.74, 6) is 0. The molecule has 0 fully saturated rings. The predicted molar refractivity (Wildman–Crippen MR) is 46.6 cm³/mol. The summed E-state index contributed by atoms with van der Waals surface area (Å²) < 4.78 is 9.74. The van der Waals surface area contributed by atoms with Gasteiger partial charge in [-0.3, -0.25) is 0 Å². The Balaban J connectivity index is 2.86. The highest BCUT2D eigenvalue weighted by atomic mass is 16.5. The molecule has 71 valence electrons. The van der Waals surface area contributed by atoms with Gasteiger partial charge in [0.2, 0.25) is 0 Å². The van der Waals surface area contributed by atoms with E-state index in [9.17, 15) is 4.79 Å². The zero-order valence-corrected chi connectivity index (χ0v) is 7.84. The molecule has 12 heavy (non-hydrogen) atoms. The van der Waals surface area contributed by atoms with Crippen molar-refractivity contribution >= 4 is 6.47 Å². The molecule has 0 N–H and O–H groups in total. The second-order valence-electron chi connectivity index (χ2n) is 2.91. The monoisotopic (exact) mass is 173 g/mol. The largest absolute Gasteiger partial charge is 0.457 e. The molecule has 0 aromatic rings. The van der Waals surface area contributed by atoms with Crippen molar-refractivity contribution in [3.63, 3.8) is 0 Å². The average Bonchev–Trinajstić information content (AvgIpc) is 2.02. The van der Waals surface area contributed by atoms with E-state index in [-0.39, 0.29) is 0 Å². The first-order valence-electron chi connectivity index (χ1n) is 4.38. The molecule has 0 saturated carbocycles. The summed E-state index contributed by atoms with van der Waals surface area (Å²) in [5, 5.41) is 0. The van der Waals surface area contributed by atoms with Gasteiger partial charge in [-0.05, 0) is 33.1 Å². The number of ether oxygens (including phenoxy) is 2. The highest BCUT2D eigenvalue weighted by Gasteiger charge is 1.93. The van der Waals surface area contributed by atoms with Gasteiger partial charge in [-0.2, -0.15) is 0 Å². The van der Waals surface area contributed by atoms with Gasteiger partial charge in [-0.15, -0.1) is 0 Å². The molecule has 1 radical (unpaired) electrons. The van der Waals surface area contributed by atoms with Crippen molar-refractivity contribution in [2.24, 2.45) is 0 Å². The second kappa shape index (κ2) is 8.53. The topological polar surface area (TPSA) is 35.5 Å². The summed E-state index contributed by atoms with van der Waals surface area (Å²) in [4.78, 5) is 9.61. The van der Waals surface area contributed by atoms with E-state index in [0.717, 1.165) is 25.9 Å². The number of unbranched alkanes of at least 4 members (excludes halogenated alkanes) is 2. The van der Waals surface area contributed by atoms with Crippen LogP contribution in [0.25, 0.3) is 0 Å². The van der Waals surface area contributed by atoms with E-state index in [1.165, 1.54) is 6.47 Å². The van der Waals surface area contributed by atoms with Crippen LogP contribution in [0.1, 0.15) is 33.1 Å². The minimum absolute atomic E-state index is 0.310. The summed E-state index contributed by atoms with van der Waals surface area (Å²) in [6.45, 7) is 6.70. The Morgan fingerprint density at radius 1 is 1.17 bits per heavy atom. The molecule has 0 spiro atoms. The van der Waals surface area contributed by atoms with Crippen molar-refractivity contribution in [3.05, 3.63) is 0 Å². The average molecular weight is 173 g/mol. The van der Waals surface area contributed by atoms with Crippen LogP contribution in [0.2, 0.25) is 0 Å². The quantitative estimate of drug-likeness (QED) is 0.524. The third-order valence-corrected chi connectivity index (χ3v) is 1.40. The molecular weight excluding hydrogens is 156 g/mol. The number of hydrogen-bond donors (Lipinski definition) is 0. The summed E-state index contributed by atoms with van der Waals surface area (Å²) >= 11 is 0. The first-order valence-corrected chi connectivity index (χ1v) is 4.38. The van der Waals surface area contributed by atoms with Crippen LogP contribution in [0.5, 0.6) is 0 Å². The van der Waals surface area contributed by atoms with Crippen LogP contribution < -0.4 is 0 Å². The molecule has 0 aromatic heterocycles. The fraction of sp³-hybridized carbons (Fsp3) is 0.889. The molecule has 0 amide bonds. The lowest BCUT2D eigenvalue weighted by atomic mass is 10.2. The Morgan fingerprint density at radius 2 is 1.83 bits per heavy atom. The van der Waals surface area contributed by atoms with E-state index in [4.69, 9.17) is 4.74 Å². The first kappa shape index (κ1) is 11.4. The van der Waals surface area contributed by atoms with Gasteiger partial charge >= 0.3 is 6.47 Å². The SMILES string of the molecule is CC(C)OCCCCCO[C]=O. The molecule has 0 atom stereocenters. The van der Waals surface area contributed by atoms with Crippen LogP contribution in [0.15, 0.2) is 0 Å². The Labute approximate surface area is 74.0 Å². The van der Waals surface area contributed by atoms with Gasteiger partial charge in [0.05, 0.1) is 12.7 Å². The van der Waals surface area contributed by atoms with E-state index < -0.39 is 0 Å². The number of carbonyl (C=O) groups excluding carboxylic acids is 1. The van der Waals surface area contributed by atoms with Crippen LogP contribution in [-0.2, 0) is 14.3 Å². The van der Waals surface area contributed by atoms with Crippen LogP contribution >= 0.6 is 0 Å². The maximum absolute atomic E-state index is 9.61. The molecule has 3 heteroatoms. The molecule has 3 nitrogen and oxygen atoms in total. The van der Waals surface area contributed by atoms with Gasteiger partial charge in [0.25, 0.3) is 0 Å². The molecule has 0 aliphatic carbocycles. The summed E-state index contributed by atoms with van der Waals surface area (Å²) in [6, 6.07) is 0. The zero-order valence-electron chi connectivity index (χ0n) is 7.84. The van der Waals surface area contributed by atoms with E-state index in [1.807, 2.05) is 13.8 Å². The minimum Gasteiger partial charge on any atom is -0.457 e. The number of hydrogen-bond acceptors (Lipinski definition) is 3.